The normalized spacial score (nSPS) is 11.2. The highest BCUT2D eigenvalue weighted by atomic mass is 32.1. The number of aryl methyl sites for hydroxylation is 2. The Morgan fingerprint density at radius 3 is 2.45 bits per heavy atom. The van der Waals surface area contributed by atoms with E-state index in [2.05, 4.69) is 61.4 Å². The van der Waals surface area contributed by atoms with Crippen molar-refractivity contribution in [2.45, 2.75) is 34.1 Å². The van der Waals surface area contributed by atoms with Crippen LogP contribution in [0.5, 0.6) is 0 Å². The fourth-order valence-corrected chi connectivity index (χ4v) is 2.98. The number of aromatic nitrogens is 2. The fourth-order valence-electron chi connectivity index (χ4n) is 2.16. The van der Waals surface area contributed by atoms with Crippen LogP contribution < -0.4 is 5.32 Å². The lowest BCUT2D eigenvalue weighted by Gasteiger charge is -2.05. The molecule has 0 bridgehead atoms. The van der Waals surface area contributed by atoms with Gasteiger partial charge in [-0.05, 0) is 38.4 Å². The summed E-state index contributed by atoms with van der Waals surface area (Å²) in [5, 5.41) is 14.2. The Balaban J connectivity index is 1.98. The van der Waals surface area contributed by atoms with Gasteiger partial charge in [-0.3, -0.25) is 0 Å². The van der Waals surface area contributed by atoms with E-state index in [1.54, 1.807) is 11.3 Å². The van der Waals surface area contributed by atoms with Crippen LogP contribution in [0.2, 0.25) is 0 Å². The summed E-state index contributed by atoms with van der Waals surface area (Å²) in [6, 6.07) is 6.53. The van der Waals surface area contributed by atoms with E-state index in [-0.39, 0.29) is 0 Å². The Hall–Kier alpha value is -1.26. The summed E-state index contributed by atoms with van der Waals surface area (Å²) in [6.07, 6.45) is 0.954. The van der Waals surface area contributed by atoms with E-state index in [0.717, 1.165) is 29.5 Å². The summed E-state index contributed by atoms with van der Waals surface area (Å²) < 4.78 is 0. The smallest absolute Gasteiger partial charge is 0.147 e. The van der Waals surface area contributed by atoms with E-state index in [1.807, 2.05) is 0 Å². The molecule has 0 saturated carbocycles. The maximum absolute atomic E-state index is 4.32. The summed E-state index contributed by atoms with van der Waals surface area (Å²) in [5.74, 6) is 0.690. The van der Waals surface area contributed by atoms with Crippen LogP contribution in [-0.4, -0.2) is 23.3 Å². The molecule has 0 radical (unpaired) electrons. The van der Waals surface area contributed by atoms with Gasteiger partial charge in [0.15, 0.2) is 0 Å². The number of nitrogens with one attached hydrogen (secondary N) is 1. The molecule has 0 aliphatic carbocycles. The Morgan fingerprint density at radius 1 is 1.10 bits per heavy atom. The number of hydrogen-bond acceptors (Lipinski definition) is 4. The van der Waals surface area contributed by atoms with Gasteiger partial charge >= 0.3 is 0 Å². The van der Waals surface area contributed by atoms with Crippen LogP contribution in [0.25, 0.3) is 10.6 Å². The lowest BCUT2D eigenvalue weighted by Crippen LogP contribution is -2.22. The molecule has 0 aliphatic rings. The van der Waals surface area contributed by atoms with Gasteiger partial charge in [-0.25, -0.2) is 0 Å². The first-order valence-corrected chi connectivity index (χ1v) is 7.98. The van der Waals surface area contributed by atoms with Gasteiger partial charge in [-0.15, -0.1) is 10.2 Å². The molecule has 0 amide bonds. The molecule has 0 unspecified atom stereocenters. The second-order valence-corrected chi connectivity index (χ2v) is 6.79. The molecular weight excluding hydrogens is 266 g/mol. The zero-order chi connectivity index (χ0) is 14.5. The van der Waals surface area contributed by atoms with Gasteiger partial charge in [0.25, 0.3) is 0 Å². The Morgan fingerprint density at radius 2 is 1.80 bits per heavy atom. The van der Waals surface area contributed by atoms with E-state index < -0.39 is 0 Å². The SMILES string of the molecule is Cc1cc(C)cc(-c2nnc(CCNCC(C)C)s2)c1. The van der Waals surface area contributed by atoms with Gasteiger partial charge in [-0.1, -0.05) is 42.4 Å². The molecule has 2 aromatic rings. The third-order valence-corrected chi connectivity index (χ3v) is 4.04. The molecule has 0 fully saturated rings. The molecule has 2 rings (SSSR count). The summed E-state index contributed by atoms with van der Waals surface area (Å²) in [5.41, 5.74) is 3.73. The average Bonchev–Trinajstić information content (AvgIpc) is 2.82. The number of benzene rings is 1. The van der Waals surface area contributed by atoms with Crippen molar-refractivity contribution >= 4 is 11.3 Å². The molecule has 1 aromatic carbocycles. The van der Waals surface area contributed by atoms with Crippen molar-refractivity contribution in [1.82, 2.24) is 15.5 Å². The lowest BCUT2D eigenvalue weighted by atomic mass is 10.1. The molecule has 0 atom stereocenters. The van der Waals surface area contributed by atoms with Crippen LogP contribution in [-0.2, 0) is 6.42 Å². The minimum absolute atomic E-state index is 0.690. The van der Waals surface area contributed by atoms with Crippen LogP contribution >= 0.6 is 11.3 Å². The molecule has 1 N–H and O–H groups in total. The van der Waals surface area contributed by atoms with Gasteiger partial charge in [0, 0.05) is 18.5 Å². The van der Waals surface area contributed by atoms with E-state index in [1.165, 1.54) is 16.7 Å². The lowest BCUT2D eigenvalue weighted by molar-refractivity contribution is 0.553. The standard InChI is InChI=1S/C16H23N3S/c1-11(2)10-17-6-5-15-18-19-16(20-15)14-8-12(3)7-13(4)9-14/h7-9,11,17H,5-6,10H2,1-4H3. The van der Waals surface area contributed by atoms with Crippen molar-refractivity contribution in [3.05, 3.63) is 34.3 Å². The third-order valence-electron chi connectivity index (χ3n) is 3.00. The Kier molecular flexibility index (Phi) is 5.26. The topological polar surface area (TPSA) is 37.8 Å². The van der Waals surface area contributed by atoms with Crippen molar-refractivity contribution in [3.63, 3.8) is 0 Å². The van der Waals surface area contributed by atoms with Crippen LogP contribution in [0.1, 0.15) is 30.0 Å². The summed E-state index contributed by atoms with van der Waals surface area (Å²) in [7, 11) is 0. The van der Waals surface area contributed by atoms with Crippen LogP contribution in [0.4, 0.5) is 0 Å². The van der Waals surface area contributed by atoms with Gasteiger partial charge in [0.05, 0.1) is 0 Å². The van der Waals surface area contributed by atoms with Gasteiger partial charge in [0.2, 0.25) is 0 Å². The molecule has 1 aromatic heterocycles. The zero-order valence-corrected chi connectivity index (χ0v) is 13.5. The van der Waals surface area contributed by atoms with E-state index >= 15 is 0 Å². The van der Waals surface area contributed by atoms with Crippen molar-refractivity contribution in [2.24, 2.45) is 5.92 Å². The molecule has 0 saturated heterocycles. The van der Waals surface area contributed by atoms with Crippen LogP contribution in [0.15, 0.2) is 18.2 Å². The van der Waals surface area contributed by atoms with Crippen molar-refractivity contribution in [1.29, 1.82) is 0 Å². The average molecular weight is 289 g/mol. The molecule has 0 spiro atoms. The highest BCUT2D eigenvalue weighted by Gasteiger charge is 2.07. The predicted octanol–water partition coefficient (Wildman–Crippen LogP) is 3.61. The first kappa shape index (κ1) is 15.1. The maximum Gasteiger partial charge on any atom is 0.147 e. The van der Waals surface area contributed by atoms with Crippen LogP contribution in [0.3, 0.4) is 0 Å². The van der Waals surface area contributed by atoms with Gasteiger partial charge in [-0.2, -0.15) is 0 Å². The number of rotatable bonds is 6. The summed E-state index contributed by atoms with van der Waals surface area (Å²) >= 11 is 1.70. The fraction of sp³-hybridized carbons (Fsp3) is 0.500. The molecule has 20 heavy (non-hydrogen) atoms. The molecule has 3 nitrogen and oxygen atoms in total. The van der Waals surface area contributed by atoms with Crippen molar-refractivity contribution < 1.29 is 0 Å². The molecule has 108 valence electrons. The van der Waals surface area contributed by atoms with Crippen molar-refractivity contribution in [3.8, 4) is 10.6 Å². The second-order valence-electron chi connectivity index (χ2n) is 5.73. The monoisotopic (exact) mass is 289 g/mol. The highest BCUT2D eigenvalue weighted by molar-refractivity contribution is 7.14. The van der Waals surface area contributed by atoms with E-state index in [0.29, 0.717) is 5.92 Å². The largest absolute Gasteiger partial charge is 0.316 e. The van der Waals surface area contributed by atoms with Crippen molar-refractivity contribution in [2.75, 3.05) is 13.1 Å². The maximum atomic E-state index is 4.32. The van der Waals surface area contributed by atoms with E-state index in [9.17, 15) is 0 Å². The molecule has 4 heteroatoms. The number of nitrogens with zero attached hydrogens (tertiary/aromatic N) is 2. The molecule has 0 aliphatic heterocycles. The number of hydrogen-bond donors (Lipinski definition) is 1. The summed E-state index contributed by atoms with van der Waals surface area (Å²) in [6.45, 7) is 10.7. The minimum Gasteiger partial charge on any atom is -0.316 e. The Labute approximate surface area is 125 Å². The van der Waals surface area contributed by atoms with Gasteiger partial charge in [0.1, 0.15) is 10.0 Å². The summed E-state index contributed by atoms with van der Waals surface area (Å²) in [4.78, 5) is 0. The molecule has 1 heterocycles. The van der Waals surface area contributed by atoms with E-state index in [4.69, 9.17) is 0 Å². The molecular formula is C16H23N3S. The highest BCUT2D eigenvalue weighted by Crippen LogP contribution is 2.25. The third kappa shape index (κ3) is 4.39. The Bertz CT molecular complexity index is 540. The predicted molar refractivity (Wildman–Crippen MR) is 86.2 cm³/mol. The minimum atomic E-state index is 0.690. The first-order chi connectivity index (χ1) is 9.54. The second kappa shape index (κ2) is 6.95. The van der Waals surface area contributed by atoms with Crippen LogP contribution in [0, 0.1) is 19.8 Å². The zero-order valence-electron chi connectivity index (χ0n) is 12.7. The quantitative estimate of drug-likeness (QED) is 0.826. The first-order valence-electron chi connectivity index (χ1n) is 7.16. The van der Waals surface area contributed by atoms with Gasteiger partial charge < -0.3 is 5.32 Å².